The van der Waals surface area contributed by atoms with Crippen molar-refractivity contribution in [3.05, 3.63) is 108 Å². The van der Waals surface area contributed by atoms with Gasteiger partial charge < -0.3 is 5.32 Å². The summed E-state index contributed by atoms with van der Waals surface area (Å²) < 4.78 is 15.1. The molecule has 1 fully saturated rings. The third kappa shape index (κ3) is 3.32. The van der Waals surface area contributed by atoms with Gasteiger partial charge in [-0.1, -0.05) is 36.4 Å². The number of benzene rings is 3. The number of carbonyl (C=O) groups is 1. The number of aromatic nitrogens is 3. The van der Waals surface area contributed by atoms with Crippen LogP contribution >= 0.6 is 11.3 Å². The van der Waals surface area contributed by atoms with E-state index in [1.54, 1.807) is 23.0 Å². The number of amides is 1. The minimum Gasteiger partial charge on any atom is -0.302 e. The normalized spacial score (nSPS) is 19.5. The van der Waals surface area contributed by atoms with Crippen LogP contribution in [0.3, 0.4) is 0 Å². The van der Waals surface area contributed by atoms with E-state index in [9.17, 15) is 9.18 Å². The number of nitrogens with one attached hydrogen (secondary N) is 1. The smallest absolute Gasteiger partial charge is 0.230 e. The Hall–Kier alpha value is -3.84. The molecule has 5 aromatic rings. The number of fused-ring (bicyclic) bond motifs is 1. The SMILES string of the molecule is O=C(Nc1nccs1)[C@@H]1C[C@@]1(c1ccccc1)c1ccc2c(cnn2-c2ccc(F)cc2)c1. The molecule has 162 valence electrons. The Morgan fingerprint density at radius 1 is 1.06 bits per heavy atom. The summed E-state index contributed by atoms with van der Waals surface area (Å²) in [6.45, 7) is 0. The molecule has 1 amide bonds. The molecule has 1 N–H and O–H groups in total. The van der Waals surface area contributed by atoms with Crippen molar-refractivity contribution in [2.24, 2.45) is 5.92 Å². The molecule has 2 aromatic heterocycles. The number of hydrogen-bond acceptors (Lipinski definition) is 4. The van der Waals surface area contributed by atoms with Gasteiger partial charge in [-0.05, 0) is 53.9 Å². The van der Waals surface area contributed by atoms with Crippen LogP contribution in [0.2, 0.25) is 0 Å². The molecule has 33 heavy (non-hydrogen) atoms. The van der Waals surface area contributed by atoms with Gasteiger partial charge in [-0.15, -0.1) is 11.3 Å². The predicted octanol–water partition coefficient (Wildman–Crippen LogP) is 5.57. The van der Waals surface area contributed by atoms with E-state index < -0.39 is 5.41 Å². The number of thiazole rings is 1. The molecule has 2 atom stereocenters. The second-order valence-corrected chi connectivity index (χ2v) is 9.12. The predicted molar refractivity (Wildman–Crippen MR) is 127 cm³/mol. The zero-order valence-electron chi connectivity index (χ0n) is 17.5. The molecule has 0 spiro atoms. The van der Waals surface area contributed by atoms with Gasteiger partial charge in [0.1, 0.15) is 5.82 Å². The Balaban J connectivity index is 1.40. The number of nitrogens with zero attached hydrogens (tertiary/aromatic N) is 3. The lowest BCUT2D eigenvalue weighted by Gasteiger charge is -2.19. The maximum absolute atomic E-state index is 13.3. The van der Waals surface area contributed by atoms with Crippen LogP contribution in [0.5, 0.6) is 0 Å². The van der Waals surface area contributed by atoms with E-state index in [2.05, 4.69) is 39.7 Å². The van der Waals surface area contributed by atoms with Crippen LogP contribution in [-0.2, 0) is 10.2 Å². The first kappa shape index (κ1) is 19.8. The summed E-state index contributed by atoms with van der Waals surface area (Å²) in [5.74, 6) is -0.484. The molecule has 1 aliphatic rings. The van der Waals surface area contributed by atoms with E-state index in [4.69, 9.17) is 0 Å². The fraction of sp³-hybridized carbons (Fsp3) is 0.115. The van der Waals surface area contributed by atoms with Gasteiger partial charge >= 0.3 is 0 Å². The van der Waals surface area contributed by atoms with Crippen molar-refractivity contribution in [1.29, 1.82) is 0 Å². The molecule has 2 heterocycles. The molecule has 0 saturated heterocycles. The number of rotatable bonds is 5. The summed E-state index contributed by atoms with van der Waals surface area (Å²) in [7, 11) is 0. The van der Waals surface area contributed by atoms with E-state index in [-0.39, 0.29) is 17.6 Å². The molecule has 0 unspecified atom stereocenters. The molecule has 0 aliphatic heterocycles. The summed E-state index contributed by atoms with van der Waals surface area (Å²) >= 11 is 1.41. The van der Waals surface area contributed by atoms with Crippen molar-refractivity contribution in [2.45, 2.75) is 11.8 Å². The topological polar surface area (TPSA) is 59.8 Å². The Labute approximate surface area is 193 Å². The van der Waals surface area contributed by atoms with Gasteiger partial charge in [-0.25, -0.2) is 14.1 Å². The maximum Gasteiger partial charge on any atom is 0.230 e. The van der Waals surface area contributed by atoms with Crippen LogP contribution in [0.25, 0.3) is 16.6 Å². The van der Waals surface area contributed by atoms with Crippen molar-refractivity contribution >= 4 is 33.3 Å². The fourth-order valence-corrected chi connectivity index (χ4v) is 5.23. The number of anilines is 1. The molecule has 1 saturated carbocycles. The lowest BCUT2D eigenvalue weighted by Crippen LogP contribution is -2.22. The third-order valence-corrected chi connectivity index (χ3v) is 7.07. The van der Waals surface area contributed by atoms with Gasteiger partial charge in [0.05, 0.1) is 23.3 Å². The van der Waals surface area contributed by atoms with E-state index in [1.165, 1.54) is 23.5 Å². The molecule has 0 radical (unpaired) electrons. The van der Waals surface area contributed by atoms with Crippen LogP contribution in [0.4, 0.5) is 9.52 Å². The summed E-state index contributed by atoms with van der Waals surface area (Å²) in [5, 5.41) is 10.9. The average Bonchev–Trinajstić information content (AvgIpc) is 3.16. The summed E-state index contributed by atoms with van der Waals surface area (Å²) in [4.78, 5) is 17.3. The van der Waals surface area contributed by atoms with Crippen LogP contribution in [0.1, 0.15) is 17.5 Å². The van der Waals surface area contributed by atoms with E-state index in [0.717, 1.165) is 34.1 Å². The molecule has 3 aromatic carbocycles. The summed E-state index contributed by atoms with van der Waals surface area (Å²) in [5.41, 5.74) is 3.53. The Morgan fingerprint density at radius 3 is 2.64 bits per heavy atom. The van der Waals surface area contributed by atoms with Crippen LogP contribution < -0.4 is 5.32 Å². The highest BCUT2D eigenvalue weighted by Crippen LogP contribution is 2.59. The molecule has 6 rings (SSSR count). The van der Waals surface area contributed by atoms with Crippen molar-refractivity contribution < 1.29 is 9.18 Å². The van der Waals surface area contributed by atoms with Crippen molar-refractivity contribution in [3.8, 4) is 5.69 Å². The van der Waals surface area contributed by atoms with Crippen molar-refractivity contribution in [3.63, 3.8) is 0 Å². The van der Waals surface area contributed by atoms with Gasteiger partial charge in [-0.3, -0.25) is 4.79 Å². The highest BCUT2D eigenvalue weighted by molar-refractivity contribution is 7.13. The van der Waals surface area contributed by atoms with Gasteiger partial charge in [0.15, 0.2) is 5.13 Å². The minimum absolute atomic E-state index is 0.0177. The van der Waals surface area contributed by atoms with E-state index in [0.29, 0.717) is 5.13 Å². The van der Waals surface area contributed by atoms with Gasteiger partial charge in [-0.2, -0.15) is 5.10 Å². The Bertz CT molecular complexity index is 1450. The van der Waals surface area contributed by atoms with E-state index >= 15 is 0 Å². The van der Waals surface area contributed by atoms with Crippen molar-refractivity contribution in [2.75, 3.05) is 5.32 Å². The molecule has 0 bridgehead atoms. The molecular weight excluding hydrogens is 435 g/mol. The first-order valence-electron chi connectivity index (χ1n) is 10.7. The second kappa shape index (κ2) is 7.64. The number of halogens is 1. The zero-order valence-corrected chi connectivity index (χ0v) is 18.3. The van der Waals surface area contributed by atoms with Gasteiger partial charge in [0, 0.05) is 22.4 Å². The molecule has 1 aliphatic carbocycles. The highest BCUT2D eigenvalue weighted by Gasteiger charge is 2.60. The maximum atomic E-state index is 13.3. The molecular formula is C26H19FN4OS. The van der Waals surface area contributed by atoms with Crippen LogP contribution in [0, 0.1) is 11.7 Å². The quantitative estimate of drug-likeness (QED) is 0.378. The standard InChI is InChI=1S/C26H19FN4OS/c27-20-7-9-21(10-8-20)31-23-11-6-19(14-17(23)16-29-31)26(18-4-2-1-3-5-18)15-22(26)24(32)30-25-28-12-13-33-25/h1-14,16,22H,15H2,(H,28,30,32)/t22-,26+/m0/s1. The highest BCUT2D eigenvalue weighted by atomic mass is 32.1. The fourth-order valence-electron chi connectivity index (χ4n) is 4.70. The Morgan fingerprint density at radius 2 is 1.88 bits per heavy atom. The summed E-state index contributed by atoms with van der Waals surface area (Å²) in [6, 6.07) is 22.7. The first-order chi connectivity index (χ1) is 16.1. The van der Waals surface area contributed by atoms with Crippen LogP contribution in [-0.4, -0.2) is 20.7 Å². The minimum atomic E-state index is -0.394. The van der Waals surface area contributed by atoms with Crippen molar-refractivity contribution in [1.82, 2.24) is 14.8 Å². The number of carbonyl (C=O) groups excluding carboxylic acids is 1. The first-order valence-corrected chi connectivity index (χ1v) is 11.5. The van der Waals surface area contributed by atoms with Crippen LogP contribution in [0.15, 0.2) is 90.6 Å². The second-order valence-electron chi connectivity index (χ2n) is 8.23. The molecule has 5 nitrogen and oxygen atoms in total. The van der Waals surface area contributed by atoms with Gasteiger partial charge in [0.2, 0.25) is 5.91 Å². The third-order valence-electron chi connectivity index (χ3n) is 6.38. The van der Waals surface area contributed by atoms with Gasteiger partial charge in [0.25, 0.3) is 0 Å². The van der Waals surface area contributed by atoms with E-state index in [1.807, 2.05) is 35.8 Å². The lowest BCUT2D eigenvalue weighted by atomic mass is 9.85. The summed E-state index contributed by atoms with van der Waals surface area (Å²) in [6.07, 6.45) is 4.23. The largest absolute Gasteiger partial charge is 0.302 e. The number of hydrogen-bond donors (Lipinski definition) is 1. The molecule has 7 heteroatoms. The lowest BCUT2D eigenvalue weighted by molar-refractivity contribution is -0.117. The monoisotopic (exact) mass is 454 g/mol. The zero-order chi connectivity index (χ0) is 22.4. The average molecular weight is 455 g/mol. The Kier molecular flexibility index (Phi) is 4.58.